The molecule has 0 radical (unpaired) electrons. The van der Waals surface area contributed by atoms with E-state index in [0.29, 0.717) is 6.92 Å². The molecule has 26 heavy (non-hydrogen) atoms. The first-order valence-corrected chi connectivity index (χ1v) is 8.00. The molecule has 0 saturated heterocycles. The summed E-state index contributed by atoms with van der Waals surface area (Å²) in [5, 5.41) is -10.3. The number of nitrogens with zero attached hydrogens (tertiary/aromatic N) is 1. The van der Waals surface area contributed by atoms with Gasteiger partial charge in [-0.05, 0) is 56.1 Å². The Morgan fingerprint density at radius 1 is 0.885 bits per heavy atom. The fourth-order valence-corrected chi connectivity index (χ4v) is 2.86. The Kier molecular flexibility index (Phi) is 7.76. The SMILES string of the molecule is COC(C)(CC(C)(C)CN(C)C)C(F)(F)C(F)(F)OC(F)(Cl)C(F)(F)Cl. The van der Waals surface area contributed by atoms with Crippen molar-refractivity contribution in [1.29, 1.82) is 0 Å². The van der Waals surface area contributed by atoms with E-state index < -0.39 is 40.2 Å². The fraction of sp³-hybridized carbons (Fsp3) is 1.00. The first-order chi connectivity index (χ1) is 11.1. The molecule has 0 fully saturated rings. The summed E-state index contributed by atoms with van der Waals surface area (Å²) in [6.07, 6.45) is -6.42. The van der Waals surface area contributed by atoms with Crippen LogP contribution >= 0.6 is 23.2 Å². The third kappa shape index (κ3) is 5.73. The number of alkyl halides is 9. The predicted octanol–water partition coefficient (Wildman–Crippen LogP) is 5.31. The maximum Gasteiger partial charge on any atom is 0.426 e. The summed E-state index contributed by atoms with van der Waals surface area (Å²) >= 11 is 8.68. The quantitative estimate of drug-likeness (QED) is 0.340. The van der Waals surface area contributed by atoms with Crippen LogP contribution in [-0.4, -0.2) is 61.0 Å². The maximum atomic E-state index is 14.5. The van der Waals surface area contributed by atoms with Gasteiger partial charge in [-0.3, -0.25) is 4.74 Å². The highest BCUT2D eigenvalue weighted by Gasteiger charge is 2.73. The van der Waals surface area contributed by atoms with Crippen LogP contribution in [-0.2, 0) is 9.47 Å². The molecule has 2 atom stereocenters. The smallest absolute Gasteiger partial charge is 0.372 e. The number of hydrogen-bond donors (Lipinski definition) is 0. The van der Waals surface area contributed by atoms with Gasteiger partial charge < -0.3 is 9.64 Å². The molecular formula is C14H22Cl2F7NO2. The lowest BCUT2D eigenvalue weighted by Gasteiger charge is -2.44. The average Bonchev–Trinajstić information content (AvgIpc) is 2.32. The molecule has 0 rings (SSSR count). The molecule has 158 valence electrons. The summed E-state index contributed by atoms with van der Waals surface area (Å²) in [5.74, 6) is -5.24. The molecule has 0 aromatic heterocycles. The second-order valence-electron chi connectivity index (χ2n) is 7.22. The van der Waals surface area contributed by atoms with Gasteiger partial charge in [0.25, 0.3) is 0 Å². The standard InChI is InChI=1S/C14H22Cl2F7NO2/c1-9(2,8-24(4)5)7-10(3,25-6)11(17,18)14(22,23)26-13(16,21)12(15,19)20/h7-8H2,1-6H3. The summed E-state index contributed by atoms with van der Waals surface area (Å²) < 4.78 is 103. The second kappa shape index (κ2) is 7.77. The molecule has 0 amide bonds. The molecule has 0 N–H and O–H groups in total. The van der Waals surface area contributed by atoms with Crippen molar-refractivity contribution in [2.75, 3.05) is 27.7 Å². The van der Waals surface area contributed by atoms with E-state index in [1.54, 1.807) is 19.0 Å². The summed E-state index contributed by atoms with van der Waals surface area (Å²) in [4.78, 5) is 1.63. The second-order valence-corrected chi connectivity index (χ2v) is 8.18. The van der Waals surface area contributed by atoms with Crippen LogP contribution < -0.4 is 0 Å². The highest BCUT2D eigenvalue weighted by atomic mass is 35.5. The lowest BCUT2D eigenvalue weighted by Crippen LogP contribution is -2.63. The van der Waals surface area contributed by atoms with E-state index in [-0.39, 0.29) is 6.54 Å². The normalized spacial score (nSPS) is 19.4. The van der Waals surface area contributed by atoms with Crippen LogP contribution in [0.5, 0.6) is 0 Å². The zero-order valence-corrected chi connectivity index (χ0v) is 16.6. The first kappa shape index (κ1) is 26.0. The van der Waals surface area contributed by atoms with Crippen molar-refractivity contribution in [3.05, 3.63) is 0 Å². The lowest BCUT2D eigenvalue weighted by molar-refractivity contribution is -0.431. The predicted molar refractivity (Wildman–Crippen MR) is 83.8 cm³/mol. The number of ether oxygens (including phenoxy) is 2. The molecule has 0 aliphatic heterocycles. The maximum absolute atomic E-state index is 14.5. The van der Waals surface area contributed by atoms with E-state index in [0.717, 1.165) is 7.11 Å². The van der Waals surface area contributed by atoms with E-state index in [1.807, 2.05) is 0 Å². The average molecular weight is 440 g/mol. The molecule has 12 heteroatoms. The van der Waals surface area contributed by atoms with Crippen molar-refractivity contribution >= 4 is 23.2 Å². The van der Waals surface area contributed by atoms with Gasteiger partial charge in [-0.1, -0.05) is 13.8 Å². The van der Waals surface area contributed by atoms with Gasteiger partial charge in [0.05, 0.1) is 0 Å². The van der Waals surface area contributed by atoms with Gasteiger partial charge in [0.2, 0.25) is 0 Å². The van der Waals surface area contributed by atoms with Crippen LogP contribution in [0.2, 0.25) is 0 Å². The van der Waals surface area contributed by atoms with Crippen molar-refractivity contribution in [2.24, 2.45) is 5.41 Å². The number of methoxy groups -OCH3 is 1. The van der Waals surface area contributed by atoms with Gasteiger partial charge in [0.1, 0.15) is 5.60 Å². The molecule has 0 bridgehead atoms. The van der Waals surface area contributed by atoms with Crippen LogP contribution in [0.15, 0.2) is 0 Å². The summed E-state index contributed by atoms with van der Waals surface area (Å²) in [7, 11) is 4.00. The van der Waals surface area contributed by atoms with Crippen LogP contribution in [0.4, 0.5) is 30.7 Å². The van der Waals surface area contributed by atoms with Crippen molar-refractivity contribution in [2.45, 2.75) is 55.5 Å². The summed E-state index contributed by atoms with van der Waals surface area (Å²) in [5.41, 5.74) is -3.89. The van der Waals surface area contributed by atoms with Gasteiger partial charge in [0, 0.05) is 13.7 Å². The number of hydrogen-bond acceptors (Lipinski definition) is 3. The Hall–Kier alpha value is -0.0300. The van der Waals surface area contributed by atoms with Crippen molar-refractivity contribution in [3.63, 3.8) is 0 Å². The van der Waals surface area contributed by atoms with E-state index >= 15 is 0 Å². The van der Waals surface area contributed by atoms with Crippen LogP contribution in [0.1, 0.15) is 27.2 Å². The van der Waals surface area contributed by atoms with Crippen molar-refractivity contribution in [1.82, 2.24) is 4.90 Å². The zero-order chi connectivity index (χ0) is 21.4. The molecule has 0 spiro atoms. The fourth-order valence-electron chi connectivity index (χ4n) is 2.73. The van der Waals surface area contributed by atoms with Gasteiger partial charge >= 0.3 is 22.7 Å². The Bertz CT molecular complexity index is 484. The van der Waals surface area contributed by atoms with Gasteiger partial charge in [-0.15, -0.1) is 0 Å². The lowest BCUT2D eigenvalue weighted by atomic mass is 9.77. The Balaban J connectivity index is 5.83. The van der Waals surface area contributed by atoms with Gasteiger partial charge in [-0.2, -0.15) is 30.7 Å². The van der Waals surface area contributed by atoms with Gasteiger partial charge in [0.15, 0.2) is 0 Å². The highest BCUT2D eigenvalue weighted by molar-refractivity contribution is 6.31. The van der Waals surface area contributed by atoms with Crippen molar-refractivity contribution in [3.8, 4) is 0 Å². The molecule has 2 unspecified atom stereocenters. The molecule has 3 nitrogen and oxygen atoms in total. The van der Waals surface area contributed by atoms with Crippen molar-refractivity contribution < 1.29 is 40.2 Å². The molecule has 0 saturated carbocycles. The third-order valence-electron chi connectivity index (χ3n) is 3.63. The third-order valence-corrected chi connectivity index (χ3v) is 4.28. The summed E-state index contributed by atoms with van der Waals surface area (Å²) in [6.45, 7) is 3.85. The zero-order valence-electron chi connectivity index (χ0n) is 15.1. The molecule has 0 aliphatic rings. The van der Waals surface area contributed by atoms with Crippen LogP contribution in [0, 0.1) is 5.41 Å². The van der Waals surface area contributed by atoms with Crippen LogP contribution in [0.25, 0.3) is 0 Å². The molecule has 0 aromatic rings. The topological polar surface area (TPSA) is 21.7 Å². The van der Waals surface area contributed by atoms with Crippen LogP contribution in [0.3, 0.4) is 0 Å². The van der Waals surface area contributed by atoms with E-state index in [2.05, 4.69) is 32.7 Å². The molecule has 0 aliphatic carbocycles. The minimum atomic E-state index is -5.76. The number of rotatable bonds is 10. The minimum absolute atomic E-state index is 0.205. The Morgan fingerprint density at radius 2 is 1.31 bits per heavy atom. The van der Waals surface area contributed by atoms with Gasteiger partial charge in [-0.25, -0.2) is 0 Å². The molecule has 0 aromatic carbocycles. The molecule has 0 heterocycles. The highest BCUT2D eigenvalue weighted by Crippen LogP contribution is 2.53. The van der Waals surface area contributed by atoms with E-state index in [1.165, 1.54) is 13.8 Å². The van der Waals surface area contributed by atoms with E-state index in [4.69, 9.17) is 0 Å². The molecular weight excluding hydrogens is 418 g/mol. The summed E-state index contributed by atoms with van der Waals surface area (Å²) in [6, 6.07) is 0. The minimum Gasteiger partial charge on any atom is -0.372 e. The Morgan fingerprint density at radius 3 is 1.62 bits per heavy atom. The monoisotopic (exact) mass is 439 g/mol. The van der Waals surface area contributed by atoms with E-state index in [9.17, 15) is 30.7 Å². The largest absolute Gasteiger partial charge is 0.426 e. The Labute approximate surface area is 157 Å². The number of halogens is 9. The first-order valence-electron chi connectivity index (χ1n) is 7.24.